The van der Waals surface area contributed by atoms with E-state index in [1.807, 2.05) is 19.9 Å². The van der Waals surface area contributed by atoms with Crippen LogP contribution >= 0.6 is 0 Å². The summed E-state index contributed by atoms with van der Waals surface area (Å²) in [5, 5.41) is 0. The predicted octanol–water partition coefficient (Wildman–Crippen LogP) is 4.24. The van der Waals surface area contributed by atoms with Gasteiger partial charge in [0.15, 0.2) is 0 Å². The van der Waals surface area contributed by atoms with E-state index in [0.717, 1.165) is 22.3 Å². The Morgan fingerprint density at radius 1 is 1.17 bits per heavy atom. The number of ether oxygens (including phenoxy) is 4. The van der Waals surface area contributed by atoms with Gasteiger partial charge < -0.3 is 18.9 Å². The normalized spacial score (nSPS) is 12.8. The molecule has 1 aromatic carbocycles. The van der Waals surface area contributed by atoms with Crippen molar-refractivity contribution in [3.63, 3.8) is 0 Å². The zero-order valence-corrected chi connectivity index (χ0v) is 17.3. The molecule has 0 aromatic heterocycles. The molecule has 0 fully saturated rings. The Balaban J connectivity index is 2.30. The molecule has 0 spiro atoms. The van der Waals surface area contributed by atoms with Gasteiger partial charge in [-0.05, 0) is 32.3 Å². The summed E-state index contributed by atoms with van der Waals surface area (Å²) < 4.78 is 21.7. The molecule has 0 saturated heterocycles. The molecule has 0 unspecified atom stereocenters. The van der Waals surface area contributed by atoms with Crippen molar-refractivity contribution in [1.29, 1.82) is 0 Å². The molecule has 0 bridgehead atoms. The van der Waals surface area contributed by atoms with Gasteiger partial charge in [-0.1, -0.05) is 37.0 Å². The van der Waals surface area contributed by atoms with Crippen LogP contribution in [-0.2, 0) is 27.3 Å². The fourth-order valence-corrected chi connectivity index (χ4v) is 3.21. The highest BCUT2D eigenvalue weighted by atomic mass is 16.5. The Kier molecular flexibility index (Phi) is 8.07. The molecule has 6 heteroatoms. The van der Waals surface area contributed by atoms with E-state index in [1.54, 1.807) is 19.3 Å². The maximum atomic E-state index is 12.3. The van der Waals surface area contributed by atoms with Crippen LogP contribution in [0, 0.1) is 6.92 Å². The van der Waals surface area contributed by atoms with Crippen molar-refractivity contribution in [2.24, 2.45) is 0 Å². The van der Waals surface area contributed by atoms with Crippen molar-refractivity contribution in [3.8, 4) is 11.5 Å². The monoisotopic (exact) mass is 400 g/mol. The van der Waals surface area contributed by atoms with Gasteiger partial charge in [-0.2, -0.15) is 0 Å². The van der Waals surface area contributed by atoms with E-state index in [-0.39, 0.29) is 25.8 Å². The fraction of sp³-hybridized carbons (Fsp3) is 0.391. The number of methoxy groups -OCH3 is 1. The molecule has 1 heterocycles. The van der Waals surface area contributed by atoms with Gasteiger partial charge in [0, 0.05) is 17.5 Å². The molecule has 0 aliphatic carbocycles. The first-order chi connectivity index (χ1) is 13.9. The van der Waals surface area contributed by atoms with Crippen LogP contribution in [0.5, 0.6) is 11.5 Å². The summed E-state index contributed by atoms with van der Waals surface area (Å²) in [6.45, 7) is 11.7. The lowest BCUT2D eigenvalue weighted by atomic mass is 9.94. The summed E-state index contributed by atoms with van der Waals surface area (Å²) in [7, 11) is 1.60. The van der Waals surface area contributed by atoms with E-state index in [0.29, 0.717) is 36.3 Å². The highest BCUT2D eigenvalue weighted by Crippen LogP contribution is 2.42. The van der Waals surface area contributed by atoms with Crippen molar-refractivity contribution in [3.05, 3.63) is 59.2 Å². The lowest BCUT2D eigenvalue weighted by Gasteiger charge is -2.19. The number of fused-ring (bicyclic) bond motifs is 1. The fourth-order valence-electron chi connectivity index (χ4n) is 3.21. The molecule has 6 nitrogen and oxygen atoms in total. The topological polar surface area (TPSA) is 71.1 Å². The molecule has 0 radical (unpaired) electrons. The first-order valence-corrected chi connectivity index (χ1v) is 9.49. The van der Waals surface area contributed by atoms with E-state index < -0.39 is 5.97 Å². The number of hydrogen-bond acceptors (Lipinski definition) is 6. The zero-order valence-electron chi connectivity index (χ0n) is 17.3. The second-order valence-corrected chi connectivity index (χ2v) is 6.72. The van der Waals surface area contributed by atoms with Crippen molar-refractivity contribution < 1.29 is 28.5 Å². The van der Waals surface area contributed by atoms with Gasteiger partial charge >= 0.3 is 11.9 Å². The number of carbonyl (C=O) groups excluding carboxylic acids is 2. The molecular formula is C23H28O6. The molecule has 0 saturated carbocycles. The first-order valence-electron chi connectivity index (χ1n) is 9.49. The van der Waals surface area contributed by atoms with Gasteiger partial charge in [0.25, 0.3) is 0 Å². The van der Waals surface area contributed by atoms with Crippen LogP contribution in [0.4, 0.5) is 0 Å². The first kappa shape index (κ1) is 22.3. The quantitative estimate of drug-likeness (QED) is 0.409. The molecule has 0 N–H and O–H groups in total. The number of rotatable bonds is 11. The molecule has 1 aliphatic heterocycles. The molecule has 1 aliphatic rings. The number of hydrogen-bond donors (Lipinski definition) is 0. The molecule has 156 valence electrons. The standard InChI is InChI=1S/C23H28O6/c1-6-12-27-19(24)11-9-15(3)8-10-17-21(26-5)16(4)18-14-29-23(25)20(18)22(17)28-13-7-2/h6-8H,1-2,9-14H2,3-5H3/b15-8+. The predicted molar refractivity (Wildman–Crippen MR) is 110 cm³/mol. The Morgan fingerprint density at radius 2 is 1.90 bits per heavy atom. The van der Waals surface area contributed by atoms with Crippen molar-refractivity contribution in [1.82, 2.24) is 0 Å². The lowest BCUT2D eigenvalue weighted by molar-refractivity contribution is -0.142. The van der Waals surface area contributed by atoms with Gasteiger partial charge in [-0.3, -0.25) is 4.79 Å². The van der Waals surface area contributed by atoms with Gasteiger partial charge in [-0.15, -0.1) is 0 Å². The molecule has 0 amide bonds. The lowest BCUT2D eigenvalue weighted by Crippen LogP contribution is -2.09. The van der Waals surface area contributed by atoms with E-state index in [4.69, 9.17) is 18.9 Å². The molecular weight excluding hydrogens is 372 g/mol. The summed E-state index contributed by atoms with van der Waals surface area (Å²) in [6.07, 6.45) is 6.53. The van der Waals surface area contributed by atoms with Crippen LogP contribution < -0.4 is 9.47 Å². The van der Waals surface area contributed by atoms with Crippen LogP contribution in [-0.4, -0.2) is 32.3 Å². The van der Waals surface area contributed by atoms with Crippen LogP contribution in [0.25, 0.3) is 0 Å². The number of carbonyl (C=O) groups is 2. The molecule has 1 aromatic rings. The molecule has 2 rings (SSSR count). The number of allylic oxidation sites excluding steroid dienone is 2. The van der Waals surface area contributed by atoms with Crippen LogP contribution in [0.1, 0.15) is 46.8 Å². The van der Waals surface area contributed by atoms with Crippen LogP contribution in [0.15, 0.2) is 37.0 Å². The van der Waals surface area contributed by atoms with Crippen LogP contribution in [0.2, 0.25) is 0 Å². The Bertz CT molecular complexity index is 835. The van der Waals surface area contributed by atoms with E-state index in [2.05, 4.69) is 13.2 Å². The maximum Gasteiger partial charge on any atom is 0.342 e. The molecule has 0 atom stereocenters. The average Bonchev–Trinajstić information content (AvgIpc) is 3.10. The second kappa shape index (κ2) is 10.5. The summed E-state index contributed by atoms with van der Waals surface area (Å²) in [4.78, 5) is 24.0. The SMILES string of the molecule is C=CCOC(=O)CC/C(C)=C/Cc1c(OC)c(C)c2c(c1OCC=C)C(=O)OC2. The Hall–Kier alpha value is -3.02. The minimum absolute atomic E-state index is 0.211. The average molecular weight is 400 g/mol. The van der Waals surface area contributed by atoms with Gasteiger partial charge in [0.1, 0.15) is 36.9 Å². The van der Waals surface area contributed by atoms with Gasteiger partial charge in [-0.25, -0.2) is 4.79 Å². The van der Waals surface area contributed by atoms with Gasteiger partial charge in [0.2, 0.25) is 0 Å². The second-order valence-electron chi connectivity index (χ2n) is 6.72. The van der Waals surface area contributed by atoms with E-state index in [1.165, 1.54) is 0 Å². The third-order valence-electron chi connectivity index (χ3n) is 4.71. The summed E-state index contributed by atoms with van der Waals surface area (Å²) in [6, 6.07) is 0. The summed E-state index contributed by atoms with van der Waals surface area (Å²) >= 11 is 0. The van der Waals surface area contributed by atoms with Crippen molar-refractivity contribution in [2.45, 2.75) is 39.7 Å². The number of cyclic esters (lactones) is 1. The Labute approximate surface area is 171 Å². The van der Waals surface area contributed by atoms with Crippen LogP contribution in [0.3, 0.4) is 0 Å². The Morgan fingerprint density at radius 3 is 2.55 bits per heavy atom. The van der Waals surface area contributed by atoms with E-state index >= 15 is 0 Å². The summed E-state index contributed by atoms with van der Waals surface area (Å²) in [5.41, 5.74) is 3.92. The highest BCUT2D eigenvalue weighted by molar-refractivity contribution is 5.98. The summed E-state index contributed by atoms with van der Waals surface area (Å²) in [5.74, 6) is 0.493. The largest absolute Gasteiger partial charge is 0.496 e. The third kappa shape index (κ3) is 5.28. The van der Waals surface area contributed by atoms with Crippen molar-refractivity contribution in [2.75, 3.05) is 20.3 Å². The number of esters is 2. The van der Waals surface area contributed by atoms with E-state index in [9.17, 15) is 9.59 Å². The van der Waals surface area contributed by atoms with Crippen molar-refractivity contribution >= 4 is 11.9 Å². The maximum absolute atomic E-state index is 12.3. The van der Waals surface area contributed by atoms with Gasteiger partial charge in [0.05, 0.1) is 7.11 Å². The minimum atomic E-state index is -0.392. The number of benzene rings is 1. The minimum Gasteiger partial charge on any atom is -0.496 e. The molecule has 29 heavy (non-hydrogen) atoms. The highest BCUT2D eigenvalue weighted by Gasteiger charge is 2.32. The zero-order chi connectivity index (χ0) is 21.4. The third-order valence-corrected chi connectivity index (χ3v) is 4.71. The smallest absolute Gasteiger partial charge is 0.342 e.